The number of aliphatic hydroxyl groups excluding tert-OH is 1. The van der Waals surface area contributed by atoms with Crippen LogP contribution in [0.15, 0.2) is 24.3 Å². The van der Waals surface area contributed by atoms with Gasteiger partial charge in [-0.25, -0.2) is 0 Å². The molecule has 0 fully saturated rings. The molecule has 0 saturated carbocycles. The third-order valence-corrected chi connectivity index (χ3v) is 2.79. The lowest BCUT2D eigenvalue weighted by Crippen LogP contribution is -2.31. The SMILES string of the molecule is CCc1ccccc1CN[C@@H](CC)CO. The zero-order chi connectivity index (χ0) is 11.1. The lowest BCUT2D eigenvalue weighted by molar-refractivity contribution is 0.238. The van der Waals surface area contributed by atoms with Crippen molar-refractivity contribution in [1.29, 1.82) is 0 Å². The van der Waals surface area contributed by atoms with Gasteiger partial charge in [0.25, 0.3) is 0 Å². The summed E-state index contributed by atoms with van der Waals surface area (Å²) in [6.07, 6.45) is 2.03. The third-order valence-electron chi connectivity index (χ3n) is 2.79. The van der Waals surface area contributed by atoms with Gasteiger partial charge in [-0.15, -0.1) is 0 Å². The summed E-state index contributed by atoms with van der Waals surface area (Å²) in [5.74, 6) is 0. The van der Waals surface area contributed by atoms with Crippen LogP contribution >= 0.6 is 0 Å². The minimum absolute atomic E-state index is 0.213. The van der Waals surface area contributed by atoms with Gasteiger partial charge < -0.3 is 10.4 Å². The quantitative estimate of drug-likeness (QED) is 0.749. The van der Waals surface area contributed by atoms with E-state index in [0.29, 0.717) is 0 Å². The van der Waals surface area contributed by atoms with Gasteiger partial charge in [-0.05, 0) is 24.0 Å². The van der Waals surface area contributed by atoms with E-state index in [-0.39, 0.29) is 12.6 Å². The first-order chi connectivity index (χ1) is 7.31. The topological polar surface area (TPSA) is 32.3 Å². The highest BCUT2D eigenvalue weighted by molar-refractivity contribution is 5.26. The van der Waals surface area contributed by atoms with Crippen LogP contribution in [0.4, 0.5) is 0 Å². The minimum Gasteiger partial charge on any atom is -0.395 e. The number of rotatable bonds is 6. The Morgan fingerprint density at radius 2 is 1.87 bits per heavy atom. The van der Waals surface area contributed by atoms with E-state index >= 15 is 0 Å². The monoisotopic (exact) mass is 207 g/mol. The Bertz CT molecular complexity index is 282. The molecule has 2 N–H and O–H groups in total. The summed E-state index contributed by atoms with van der Waals surface area (Å²) < 4.78 is 0. The second kappa shape index (κ2) is 6.59. The molecule has 1 atom stereocenters. The van der Waals surface area contributed by atoms with Crippen LogP contribution in [-0.2, 0) is 13.0 Å². The summed E-state index contributed by atoms with van der Waals surface area (Å²) in [5, 5.41) is 12.4. The lowest BCUT2D eigenvalue weighted by Gasteiger charge is -2.15. The first-order valence-electron chi connectivity index (χ1n) is 5.72. The molecule has 1 aromatic rings. The third kappa shape index (κ3) is 3.65. The molecule has 0 saturated heterocycles. The molecule has 0 amide bonds. The van der Waals surface area contributed by atoms with Crippen LogP contribution in [0.5, 0.6) is 0 Å². The Labute approximate surface area is 92.3 Å². The van der Waals surface area contributed by atoms with Gasteiger partial charge in [0.15, 0.2) is 0 Å². The van der Waals surface area contributed by atoms with Crippen molar-refractivity contribution >= 4 is 0 Å². The van der Waals surface area contributed by atoms with E-state index in [1.165, 1.54) is 11.1 Å². The van der Waals surface area contributed by atoms with Gasteiger partial charge in [-0.3, -0.25) is 0 Å². The van der Waals surface area contributed by atoms with Crippen LogP contribution in [0.3, 0.4) is 0 Å². The molecule has 1 aromatic carbocycles. The zero-order valence-electron chi connectivity index (χ0n) is 9.66. The van der Waals surface area contributed by atoms with Gasteiger partial charge in [0, 0.05) is 12.6 Å². The summed E-state index contributed by atoms with van der Waals surface area (Å²) in [6, 6.07) is 8.67. The van der Waals surface area contributed by atoms with Gasteiger partial charge in [0.05, 0.1) is 6.61 Å². The van der Waals surface area contributed by atoms with Crippen molar-refractivity contribution in [1.82, 2.24) is 5.32 Å². The maximum absolute atomic E-state index is 9.07. The molecule has 2 heteroatoms. The molecule has 0 aliphatic heterocycles. The van der Waals surface area contributed by atoms with E-state index in [1.54, 1.807) is 0 Å². The predicted molar refractivity (Wildman–Crippen MR) is 63.8 cm³/mol. The molecule has 0 heterocycles. The molecule has 0 bridgehead atoms. The largest absolute Gasteiger partial charge is 0.395 e. The van der Waals surface area contributed by atoms with Gasteiger partial charge in [-0.2, -0.15) is 0 Å². The van der Waals surface area contributed by atoms with E-state index in [0.717, 1.165) is 19.4 Å². The second-order valence-corrected chi connectivity index (χ2v) is 3.79. The minimum atomic E-state index is 0.213. The van der Waals surface area contributed by atoms with Crippen LogP contribution in [-0.4, -0.2) is 17.8 Å². The summed E-state index contributed by atoms with van der Waals surface area (Å²) in [5.41, 5.74) is 2.73. The molecule has 0 aromatic heterocycles. The standard InChI is InChI=1S/C13H21NO/c1-3-11-7-5-6-8-12(11)9-14-13(4-2)10-15/h5-8,13-15H,3-4,9-10H2,1-2H3/t13-/m0/s1. The van der Waals surface area contributed by atoms with Crippen molar-refractivity contribution < 1.29 is 5.11 Å². The summed E-state index contributed by atoms with van der Waals surface area (Å²) in [4.78, 5) is 0. The summed E-state index contributed by atoms with van der Waals surface area (Å²) in [7, 11) is 0. The normalized spacial score (nSPS) is 12.7. The first kappa shape index (κ1) is 12.2. The van der Waals surface area contributed by atoms with Crippen molar-refractivity contribution in [3.8, 4) is 0 Å². The lowest BCUT2D eigenvalue weighted by atomic mass is 10.1. The van der Waals surface area contributed by atoms with Crippen molar-refractivity contribution in [3.63, 3.8) is 0 Å². The highest BCUT2D eigenvalue weighted by Gasteiger charge is 2.04. The van der Waals surface area contributed by atoms with E-state index in [2.05, 4.69) is 43.4 Å². The van der Waals surface area contributed by atoms with Crippen LogP contribution in [0.1, 0.15) is 31.4 Å². The summed E-state index contributed by atoms with van der Waals surface area (Å²) in [6.45, 7) is 5.32. The predicted octanol–water partition coefficient (Wildman–Crippen LogP) is 2.11. The van der Waals surface area contributed by atoms with Gasteiger partial charge in [-0.1, -0.05) is 38.1 Å². The molecule has 0 aliphatic rings. The molecular formula is C13H21NO. The van der Waals surface area contributed by atoms with Crippen LogP contribution in [0, 0.1) is 0 Å². The van der Waals surface area contributed by atoms with Crippen LogP contribution in [0.25, 0.3) is 0 Å². The van der Waals surface area contributed by atoms with E-state index in [4.69, 9.17) is 5.11 Å². The molecule has 0 spiro atoms. The molecular weight excluding hydrogens is 186 g/mol. The second-order valence-electron chi connectivity index (χ2n) is 3.79. The van der Waals surface area contributed by atoms with Crippen molar-refractivity contribution in [2.45, 2.75) is 39.3 Å². The van der Waals surface area contributed by atoms with Crippen molar-refractivity contribution in [2.75, 3.05) is 6.61 Å². The number of nitrogens with one attached hydrogen (secondary N) is 1. The number of aryl methyl sites for hydroxylation is 1. The Balaban J connectivity index is 2.56. The van der Waals surface area contributed by atoms with E-state index < -0.39 is 0 Å². The van der Waals surface area contributed by atoms with Crippen LogP contribution in [0.2, 0.25) is 0 Å². The average molecular weight is 207 g/mol. The molecule has 0 aliphatic carbocycles. The average Bonchev–Trinajstić information content (AvgIpc) is 2.31. The van der Waals surface area contributed by atoms with Gasteiger partial charge >= 0.3 is 0 Å². The van der Waals surface area contributed by atoms with Gasteiger partial charge in [0.2, 0.25) is 0 Å². The fourth-order valence-corrected chi connectivity index (χ4v) is 1.67. The maximum atomic E-state index is 9.07. The number of hydrogen-bond acceptors (Lipinski definition) is 2. The smallest absolute Gasteiger partial charge is 0.0584 e. The number of hydrogen-bond donors (Lipinski definition) is 2. The Hall–Kier alpha value is -0.860. The highest BCUT2D eigenvalue weighted by Crippen LogP contribution is 2.09. The van der Waals surface area contributed by atoms with Crippen LogP contribution < -0.4 is 5.32 Å². The molecule has 15 heavy (non-hydrogen) atoms. The van der Waals surface area contributed by atoms with E-state index in [9.17, 15) is 0 Å². The van der Waals surface area contributed by atoms with Gasteiger partial charge in [0.1, 0.15) is 0 Å². The molecule has 1 rings (SSSR count). The zero-order valence-corrected chi connectivity index (χ0v) is 9.66. The fraction of sp³-hybridized carbons (Fsp3) is 0.538. The molecule has 84 valence electrons. The highest BCUT2D eigenvalue weighted by atomic mass is 16.3. The first-order valence-corrected chi connectivity index (χ1v) is 5.72. The Kier molecular flexibility index (Phi) is 5.37. The molecule has 0 unspecified atom stereocenters. The Morgan fingerprint density at radius 3 is 2.40 bits per heavy atom. The van der Waals surface area contributed by atoms with Crippen molar-refractivity contribution in [2.24, 2.45) is 0 Å². The Morgan fingerprint density at radius 1 is 1.20 bits per heavy atom. The maximum Gasteiger partial charge on any atom is 0.0584 e. The summed E-state index contributed by atoms with van der Waals surface area (Å²) >= 11 is 0. The van der Waals surface area contributed by atoms with E-state index in [1.807, 2.05) is 0 Å². The van der Waals surface area contributed by atoms with Crippen molar-refractivity contribution in [3.05, 3.63) is 35.4 Å². The molecule has 2 nitrogen and oxygen atoms in total. The number of benzene rings is 1. The molecule has 0 radical (unpaired) electrons. The fourth-order valence-electron chi connectivity index (χ4n) is 1.67. The number of aliphatic hydroxyl groups is 1.